The zero-order chi connectivity index (χ0) is 15.6. The van der Waals surface area contributed by atoms with Crippen molar-refractivity contribution in [3.05, 3.63) is 76.7 Å². The van der Waals surface area contributed by atoms with Gasteiger partial charge in [-0.3, -0.25) is 4.90 Å². The molecule has 0 aliphatic carbocycles. The fourth-order valence-electron chi connectivity index (χ4n) is 3.56. The van der Waals surface area contributed by atoms with E-state index in [9.17, 15) is 0 Å². The molecule has 1 nitrogen and oxygen atoms in total. The molecule has 0 saturated heterocycles. The Kier molecular flexibility index (Phi) is 4.02. The van der Waals surface area contributed by atoms with E-state index in [-0.39, 0.29) is 0 Å². The normalized spacial score (nSPS) is 16.2. The third-order valence-corrected chi connectivity index (χ3v) is 5.67. The van der Waals surface area contributed by atoms with Gasteiger partial charge in [0, 0.05) is 24.3 Å². The van der Waals surface area contributed by atoms with Gasteiger partial charge in [-0.2, -0.15) is 0 Å². The van der Waals surface area contributed by atoms with E-state index in [2.05, 4.69) is 71.8 Å². The number of hydrogen-bond donors (Lipinski definition) is 0. The summed E-state index contributed by atoms with van der Waals surface area (Å²) in [5, 5.41) is 3.58. The van der Waals surface area contributed by atoms with E-state index in [4.69, 9.17) is 0 Å². The molecule has 1 aliphatic heterocycles. The Bertz CT molecular complexity index is 844. The second-order valence-corrected chi connectivity index (χ2v) is 7.27. The molecule has 2 aromatic carbocycles. The van der Waals surface area contributed by atoms with Crippen LogP contribution in [-0.4, -0.2) is 18.0 Å². The third-order valence-electron chi connectivity index (χ3n) is 4.71. The Hall–Kier alpha value is -1.90. The highest BCUT2D eigenvalue weighted by Gasteiger charge is 2.19. The Labute approximate surface area is 141 Å². The lowest BCUT2D eigenvalue weighted by molar-refractivity contribution is 0.286. The Morgan fingerprint density at radius 2 is 1.87 bits per heavy atom. The monoisotopic (exact) mass is 319 g/mol. The van der Waals surface area contributed by atoms with Gasteiger partial charge in [0.25, 0.3) is 0 Å². The fraction of sp³-hybridized carbons (Fsp3) is 0.238. The molecule has 0 atom stereocenters. The number of hydrogen-bond acceptors (Lipinski definition) is 2. The molecule has 2 heteroatoms. The van der Waals surface area contributed by atoms with Crippen molar-refractivity contribution in [3.8, 4) is 0 Å². The van der Waals surface area contributed by atoms with Gasteiger partial charge < -0.3 is 0 Å². The summed E-state index contributed by atoms with van der Waals surface area (Å²) in [6.07, 6.45) is 1.15. The van der Waals surface area contributed by atoms with Gasteiger partial charge in [0.1, 0.15) is 0 Å². The first-order chi connectivity index (χ1) is 11.3. The van der Waals surface area contributed by atoms with Crippen molar-refractivity contribution >= 4 is 27.0 Å². The molecular weight excluding hydrogens is 298 g/mol. The first-order valence-electron chi connectivity index (χ1n) is 8.23. The highest BCUT2D eigenvalue weighted by atomic mass is 32.1. The molecule has 0 saturated carbocycles. The maximum Gasteiger partial charge on any atom is 0.0417 e. The molecule has 2 heterocycles. The van der Waals surface area contributed by atoms with E-state index in [1.54, 1.807) is 5.57 Å². The third kappa shape index (κ3) is 2.97. The van der Waals surface area contributed by atoms with Crippen LogP contribution in [0, 0.1) is 0 Å². The molecule has 1 aliphatic rings. The lowest BCUT2D eigenvalue weighted by Gasteiger charge is -2.30. The van der Waals surface area contributed by atoms with Gasteiger partial charge >= 0.3 is 0 Å². The van der Waals surface area contributed by atoms with Gasteiger partial charge in [-0.25, -0.2) is 0 Å². The van der Waals surface area contributed by atoms with E-state index in [1.807, 2.05) is 11.3 Å². The topological polar surface area (TPSA) is 3.24 Å². The summed E-state index contributed by atoms with van der Waals surface area (Å²) in [5.41, 5.74) is 5.94. The maximum absolute atomic E-state index is 2.56. The lowest BCUT2D eigenvalue weighted by Crippen LogP contribution is -2.30. The lowest BCUT2D eigenvalue weighted by atomic mass is 9.93. The summed E-state index contributed by atoms with van der Waals surface area (Å²) >= 11 is 1.87. The zero-order valence-corrected chi connectivity index (χ0v) is 14.3. The molecule has 0 bridgehead atoms. The van der Waals surface area contributed by atoms with Crippen LogP contribution in [-0.2, 0) is 6.54 Å². The van der Waals surface area contributed by atoms with Crippen LogP contribution in [0.2, 0.25) is 0 Å². The van der Waals surface area contributed by atoms with Crippen molar-refractivity contribution in [1.29, 1.82) is 0 Å². The molecule has 3 aromatic rings. The molecule has 0 unspecified atom stereocenters. The van der Waals surface area contributed by atoms with E-state index < -0.39 is 0 Å². The smallest absolute Gasteiger partial charge is 0.0417 e. The average Bonchev–Trinajstić information content (AvgIpc) is 3.05. The van der Waals surface area contributed by atoms with Crippen LogP contribution in [0.15, 0.2) is 65.6 Å². The van der Waals surface area contributed by atoms with Crippen LogP contribution in [0.25, 0.3) is 15.7 Å². The summed E-state index contributed by atoms with van der Waals surface area (Å²) < 4.78 is 1.44. The molecule has 0 fully saturated rings. The summed E-state index contributed by atoms with van der Waals surface area (Å²) in [7, 11) is 0. The van der Waals surface area contributed by atoms with Crippen LogP contribution in [0.1, 0.15) is 24.5 Å². The van der Waals surface area contributed by atoms with Crippen molar-refractivity contribution in [2.75, 3.05) is 13.1 Å². The minimum atomic E-state index is 1.05. The van der Waals surface area contributed by atoms with Gasteiger partial charge in [-0.15, -0.1) is 11.3 Å². The van der Waals surface area contributed by atoms with Gasteiger partial charge in [0.05, 0.1) is 0 Å². The first kappa shape index (κ1) is 14.7. The predicted octanol–water partition coefficient (Wildman–Crippen LogP) is 5.58. The van der Waals surface area contributed by atoms with Gasteiger partial charge in [0.2, 0.25) is 0 Å². The largest absolute Gasteiger partial charge is 0.295 e. The first-order valence-corrected chi connectivity index (χ1v) is 9.11. The van der Waals surface area contributed by atoms with Crippen molar-refractivity contribution in [2.24, 2.45) is 0 Å². The van der Waals surface area contributed by atoms with Crippen LogP contribution >= 0.6 is 11.3 Å². The van der Waals surface area contributed by atoms with Crippen molar-refractivity contribution in [3.63, 3.8) is 0 Å². The second kappa shape index (κ2) is 6.31. The highest BCUT2D eigenvalue weighted by molar-refractivity contribution is 7.17. The molecule has 0 N–H and O–H groups in total. The minimum Gasteiger partial charge on any atom is -0.295 e. The molecule has 4 rings (SSSR count). The van der Waals surface area contributed by atoms with Gasteiger partial charge in [-0.05, 0) is 46.9 Å². The zero-order valence-electron chi connectivity index (χ0n) is 13.5. The number of fused-ring (bicyclic) bond motifs is 1. The molecule has 1 aromatic heterocycles. The summed E-state index contributed by atoms with van der Waals surface area (Å²) in [4.78, 5) is 2.56. The molecule has 0 radical (unpaired) electrons. The number of benzene rings is 2. The van der Waals surface area contributed by atoms with Crippen molar-refractivity contribution in [1.82, 2.24) is 4.90 Å². The van der Waals surface area contributed by atoms with Gasteiger partial charge in [0.15, 0.2) is 0 Å². The highest BCUT2D eigenvalue weighted by Crippen LogP contribution is 2.35. The molecule has 0 spiro atoms. The number of rotatable bonds is 3. The van der Waals surface area contributed by atoms with Crippen LogP contribution in [0.3, 0.4) is 0 Å². The van der Waals surface area contributed by atoms with E-state index >= 15 is 0 Å². The van der Waals surface area contributed by atoms with Crippen LogP contribution < -0.4 is 0 Å². The fourth-order valence-corrected chi connectivity index (χ4v) is 4.51. The van der Waals surface area contributed by atoms with E-state index in [0.29, 0.717) is 0 Å². The van der Waals surface area contributed by atoms with E-state index in [0.717, 1.165) is 26.1 Å². The van der Waals surface area contributed by atoms with Gasteiger partial charge in [-0.1, -0.05) is 54.1 Å². The predicted molar refractivity (Wildman–Crippen MR) is 101 cm³/mol. The minimum absolute atomic E-state index is 1.05. The summed E-state index contributed by atoms with van der Waals surface area (Å²) in [5.74, 6) is 0. The van der Waals surface area contributed by atoms with Crippen LogP contribution in [0.4, 0.5) is 0 Å². The van der Waals surface area contributed by atoms with Crippen molar-refractivity contribution < 1.29 is 0 Å². The molecule has 116 valence electrons. The number of nitrogens with zero attached hydrogens (tertiary/aromatic N) is 1. The van der Waals surface area contributed by atoms with Crippen molar-refractivity contribution in [2.45, 2.75) is 19.9 Å². The standard InChI is InChI=1S/C21H21NS/c1-16-14-22(15-17-6-3-2-4-7-17)12-10-19(16)20-9-5-8-18-11-13-23-21(18)20/h2-9,11,13H,10,12,14-15H2,1H3. The Balaban J connectivity index is 1.59. The Morgan fingerprint density at radius 3 is 2.70 bits per heavy atom. The average molecular weight is 319 g/mol. The summed E-state index contributed by atoms with van der Waals surface area (Å²) in [6.45, 7) is 5.57. The van der Waals surface area contributed by atoms with E-state index in [1.165, 1.54) is 26.8 Å². The number of thiophene rings is 1. The molecular formula is C21H21NS. The molecule has 23 heavy (non-hydrogen) atoms. The summed E-state index contributed by atoms with van der Waals surface area (Å²) in [6, 6.07) is 19.7. The second-order valence-electron chi connectivity index (χ2n) is 6.35. The quantitative estimate of drug-likeness (QED) is 0.609. The maximum atomic E-state index is 2.56. The SMILES string of the molecule is CC1=C(c2cccc3ccsc23)CCN(Cc2ccccc2)C1. The van der Waals surface area contributed by atoms with Crippen LogP contribution in [0.5, 0.6) is 0 Å². The molecule has 0 amide bonds. The Morgan fingerprint density at radius 1 is 1.00 bits per heavy atom.